The van der Waals surface area contributed by atoms with Gasteiger partial charge in [0.05, 0.1) is 0 Å². The molecule has 1 saturated heterocycles. The molecule has 0 radical (unpaired) electrons. The molecule has 3 unspecified atom stereocenters. The molecule has 2 aliphatic rings. The summed E-state index contributed by atoms with van der Waals surface area (Å²) in [5.41, 5.74) is 0.900. The molecule has 1 aliphatic carbocycles. The molecule has 0 aromatic heterocycles. The van der Waals surface area contributed by atoms with Crippen molar-refractivity contribution >= 4 is 0 Å². The summed E-state index contributed by atoms with van der Waals surface area (Å²) in [6, 6.07) is 0.739. The summed E-state index contributed by atoms with van der Waals surface area (Å²) in [6.45, 7) is 16.6. The fourth-order valence-electron chi connectivity index (χ4n) is 6.64. The van der Waals surface area contributed by atoms with Crippen molar-refractivity contribution in [3.63, 3.8) is 0 Å². The zero-order chi connectivity index (χ0) is 22.0. The second-order valence-electron chi connectivity index (χ2n) is 12.6. The maximum Gasteiger partial charge on any atom is 0.0184 e. The summed E-state index contributed by atoms with van der Waals surface area (Å²) in [7, 11) is 0. The molecule has 0 N–H and O–H groups in total. The van der Waals surface area contributed by atoms with Gasteiger partial charge in [-0.05, 0) is 83.1 Å². The lowest BCUT2D eigenvalue weighted by Crippen LogP contribution is -2.53. The van der Waals surface area contributed by atoms with Crippen molar-refractivity contribution in [2.24, 2.45) is 17.3 Å². The molecule has 1 saturated carbocycles. The fraction of sp³-hybridized carbons (Fsp3) is 1.00. The monoisotopic (exact) mass is 419 g/mol. The van der Waals surface area contributed by atoms with Crippen LogP contribution in [-0.2, 0) is 0 Å². The van der Waals surface area contributed by atoms with E-state index in [0.717, 1.165) is 17.9 Å². The van der Waals surface area contributed by atoms with E-state index in [-0.39, 0.29) is 0 Å². The Morgan fingerprint density at radius 1 is 0.633 bits per heavy atom. The molecular weight excluding hydrogens is 362 g/mol. The van der Waals surface area contributed by atoms with Crippen molar-refractivity contribution in [2.75, 3.05) is 6.54 Å². The molecule has 1 heterocycles. The topological polar surface area (TPSA) is 3.24 Å². The predicted octanol–water partition coefficient (Wildman–Crippen LogP) is 9.39. The first-order valence-electron chi connectivity index (χ1n) is 14.0. The molecule has 30 heavy (non-hydrogen) atoms. The van der Waals surface area contributed by atoms with Crippen molar-refractivity contribution in [3.05, 3.63) is 0 Å². The molecule has 3 atom stereocenters. The van der Waals surface area contributed by atoms with E-state index < -0.39 is 0 Å². The molecular formula is C29H57N. The number of nitrogens with zero attached hydrogens (tertiary/aromatic N) is 1. The van der Waals surface area contributed by atoms with Crippen LogP contribution in [0.2, 0.25) is 0 Å². The quantitative estimate of drug-likeness (QED) is 0.431. The number of hydrogen-bond acceptors (Lipinski definition) is 1. The third kappa shape index (κ3) is 8.84. The average Bonchev–Trinajstić information content (AvgIpc) is 2.69. The van der Waals surface area contributed by atoms with Crippen LogP contribution < -0.4 is 0 Å². The van der Waals surface area contributed by atoms with E-state index in [1.54, 1.807) is 0 Å². The van der Waals surface area contributed by atoms with Gasteiger partial charge < -0.3 is 0 Å². The molecule has 2 fully saturated rings. The molecule has 0 aromatic carbocycles. The average molecular weight is 420 g/mol. The van der Waals surface area contributed by atoms with Crippen LogP contribution in [-0.4, -0.2) is 23.0 Å². The first-order chi connectivity index (χ1) is 14.2. The van der Waals surface area contributed by atoms with Crippen molar-refractivity contribution in [1.82, 2.24) is 4.90 Å². The minimum atomic E-state index is 0.346. The largest absolute Gasteiger partial charge is 0.295 e. The molecule has 0 aromatic rings. The Kier molecular flexibility index (Phi) is 11.2. The third-order valence-electron chi connectivity index (χ3n) is 9.00. The zero-order valence-electron chi connectivity index (χ0n) is 21.9. The summed E-state index contributed by atoms with van der Waals surface area (Å²) >= 11 is 0. The first kappa shape index (κ1) is 26.2. The van der Waals surface area contributed by atoms with Crippen molar-refractivity contribution in [2.45, 2.75) is 162 Å². The Morgan fingerprint density at radius 3 is 1.80 bits per heavy atom. The van der Waals surface area contributed by atoms with E-state index in [1.807, 2.05) is 0 Å². The van der Waals surface area contributed by atoms with Gasteiger partial charge in [0, 0.05) is 11.6 Å². The van der Waals surface area contributed by atoms with Crippen LogP contribution in [0.15, 0.2) is 0 Å². The van der Waals surface area contributed by atoms with Crippen molar-refractivity contribution in [3.8, 4) is 0 Å². The lowest BCUT2D eigenvalue weighted by Gasteiger charge is -2.48. The van der Waals surface area contributed by atoms with Gasteiger partial charge in [0.15, 0.2) is 0 Å². The minimum absolute atomic E-state index is 0.346. The van der Waals surface area contributed by atoms with E-state index in [0.29, 0.717) is 11.0 Å². The fourth-order valence-corrected chi connectivity index (χ4v) is 6.64. The second-order valence-corrected chi connectivity index (χ2v) is 12.6. The standard InChI is InChI=1S/C29H57N/c1-25-17-9-7-8-10-20-27(21-12-11-18-25)29(5,6)30-24-16-15-23-28(3,4)22-14-13-19-26(30)2/h25-27H,7-24H2,1-6H3. The summed E-state index contributed by atoms with van der Waals surface area (Å²) in [5.74, 6) is 1.82. The van der Waals surface area contributed by atoms with Gasteiger partial charge in [-0.15, -0.1) is 0 Å². The maximum atomic E-state index is 2.98. The smallest absolute Gasteiger partial charge is 0.0184 e. The Balaban J connectivity index is 2.06. The Bertz CT molecular complexity index is 451. The maximum absolute atomic E-state index is 2.98. The molecule has 2 rings (SSSR count). The lowest BCUT2D eigenvalue weighted by atomic mass is 9.77. The van der Waals surface area contributed by atoms with Gasteiger partial charge in [-0.1, -0.05) is 91.4 Å². The predicted molar refractivity (Wildman–Crippen MR) is 135 cm³/mol. The van der Waals surface area contributed by atoms with Crippen LogP contribution in [0.3, 0.4) is 0 Å². The highest BCUT2D eigenvalue weighted by Gasteiger charge is 2.37. The van der Waals surface area contributed by atoms with Crippen LogP contribution in [0.4, 0.5) is 0 Å². The highest BCUT2D eigenvalue weighted by molar-refractivity contribution is 4.92. The molecule has 0 bridgehead atoms. The molecule has 1 aliphatic heterocycles. The molecule has 0 spiro atoms. The van der Waals surface area contributed by atoms with Gasteiger partial charge in [-0.2, -0.15) is 0 Å². The van der Waals surface area contributed by atoms with E-state index in [4.69, 9.17) is 0 Å². The van der Waals surface area contributed by atoms with E-state index in [2.05, 4.69) is 46.4 Å². The zero-order valence-corrected chi connectivity index (χ0v) is 21.9. The minimum Gasteiger partial charge on any atom is -0.295 e. The van der Waals surface area contributed by atoms with Gasteiger partial charge in [0.2, 0.25) is 0 Å². The van der Waals surface area contributed by atoms with Crippen molar-refractivity contribution in [1.29, 1.82) is 0 Å². The second kappa shape index (κ2) is 12.9. The van der Waals surface area contributed by atoms with Crippen LogP contribution >= 0.6 is 0 Å². The van der Waals surface area contributed by atoms with E-state index in [9.17, 15) is 0 Å². The Morgan fingerprint density at radius 2 is 1.13 bits per heavy atom. The summed E-state index contributed by atoms with van der Waals surface area (Å²) < 4.78 is 0. The van der Waals surface area contributed by atoms with Gasteiger partial charge in [-0.3, -0.25) is 4.90 Å². The number of rotatable bonds is 2. The first-order valence-corrected chi connectivity index (χ1v) is 14.0. The van der Waals surface area contributed by atoms with Crippen LogP contribution in [0, 0.1) is 17.3 Å². The summed E-state index contributed by atoms with van der Waals surface area (Å²) in [5, 5.41) is 0. The van der Waals surface area contributed by atoms with Crippen LogP contribution in [0.1, 0.15) is 151 Å². The number of hydrogen-bond donors (Lipinski definition) is 0. The van der Waals surface area contributed by atoms with Crippen LogP contribution in [0.5, 0.6) is 0 Å². The summed E-state index contributed by atoms with van der Waals surface area (Å²) in [6.07, 6.45) is 24.5. The van der Waals surface area contributed by atoms with Gasteiger partial charge in [0.25, 0.3) is 0 Å². The Hall–Kier alpha value is -0.0400. The molecule has 1 heteroatoms. The van der Waals surface area contributed by atoms with Gasteiger partial charge >= 0.3 is 0 Å². The van der Waals surface area contributed by atoms with Gasteiger partial charge in [0.1, 0.15) is 0 Å². The van der Waals surface area contributed by atoms with Gasteiger partial charge in [-0.25, -0.2) is 0 Å². The normalized spacial score (nSPS) is 32.4. The van der Waals surface area contributed by atoms with E-state index in [1.165, 1.54) is 116 Å². The van der Waals surface area contributed by atoms with Crippen molar-refractivity contribution < 1.29 is 0 Å². The van der Waals surface area contributed by atoms with E-state index >= 15 is 0 Å². The molecule has 1 nitrogen and oxygen atoms in total. The third-order valence-corrected chi connectivity index (χ3v) is 9.00. The highest BCUT2D eigenvalue weighted by atomic mass is 15.2. The lowest BCUT2D eigenvalue weighted by molar-refractivity contribution is 0.0143. The highest BCUT2D eigenvalue weighted by Crippen LogP contribution is 2.38. The Labute approximate surface area is 191 Å². The van der Waals surface area contributed by atoms with Crippen LogP contribution in [0.25, 0.3) is 0 Å². The summed E-state index contributed by atoms with van der Waals surface area (Å²) in [4.78, 5) is 2.98. The SMILES string of the molecule is CC1CCCCCCC(C(C)(C)N2CCCCC(C)(C)CCCCC2C)CCCC1. The molecule has 178 valence electrons. The molecule has 0 amide bonds.